The fraction of sp³-hybridized carbons (Fsp3) is 0.600. The van der Waals surface area contributed by atoms with Gasteiger partial charge in [0.2, 0.25) is 0 Å². The Labute approximate surface area is 119 Å². The van der Waals surface area contributed by atoms with Gasteiger partial charge in [-0.05, 0) is 19.0 Å². The largest absolute Gasteiger partial charge is 0.492 e. The molecule has 1 aromatic heterocycles. The van der Waals surface area contributed by atoms with Gasteiger partial charge in [-0.3, -0.25) is 9.78 Å². The molecule has 1 N–H and O–H groups in total. The molecule has 2 unspecified atom stereocenters. The van der Waals surface area contributed by atoms with E-state index in [1.165, 1.54) is 0 Å². The Morgan fingerprint density at radius 1 is 1.45 bits per heavy atom. The van der Waals surface area contributed by atoms with Crippen molar-refractivity contribution in [1.29, 1.82) is 0 Å². The quantitative estimate of drug-likeness (QED) is 0.769. The molecule has 0 aliphatic carbocycles. The number of carbonyl (C=O) groups is 1. The van der Waals surface area contributed by atoms with Crippen LogP contribution in [0.1, 0.15) is 30.6 Å². The zero-order valence-corrected chi connectivity index (χ0v) is 12.1. The summed E-state index contributed by atoms with van der Waals surface area (Å²) in [6, 6.07) is 1.86. The summed E-state index contributed by atoms with van der Waals surface area (Å²) >= 11 is 0. The number of Topliss-reactive ketones (excluding diaryl/α,β-unsaturated/α-hetero) is 1. The first-order chi connectivity index (χ1) is 9.76. The van der Waals surface area contributed by atoms with Crippen molar-refractivity contribution in [3.05, 3.63) is 24.0 Å². The summed E-state index contributed by atoms with van der Waals surface area (Å²) in [6.07, 6.45) is 4.17. The number of likely N-dealkylation sites (N-methyl/N-ethyl adjacent to an activating group) is 1. The Morgan fingerprint density at radius 3 is 3.05 bits per heavy atom. The summed E-state index contributed by atoms with van der Waals surface area (Å²) in [5.41, 5.74) is 0.594. The Balaban J connectivity index is 2.08. The SMILES string of the molecule is CCCOc1cncc(C(=O)C2COCC2NCC)c1. The Kier molecular flexibility index (Phi) is 5.49. The summed E-state index contributed by atoms with van der Waals surface area (Å²) in [6.45, 7) is 6.59. The molecule has 5 heteroatoms. The number of hydrogen-bond donors (Lipinski definition) is 1. The molecule has 1 aliphatic heterocycles. The average Bonchev–Trinajstić information content (AvgIpc) is 2.93. The van der Waals surface area contributed by atoms with Crippen LogP contribution in [0.25, 0.3) is 0 Å². The Bertz CT molecular complexity index is 450. The fourth-order valence-electron chi connectivity index (χ4n) is 2.34. The average molecular weight is 278 g/mol. The number of aromatic nitrogens is 1. The van der Waals surface area contributed by atoms with Crippen molar-refractivity contribution >= 4 is 5.78 Å². The predicted molar refractivity (Wildman–Crippen MR) is 76.1 cm³/mol. The third kappa shape index (κ3) is 3.55. The molecule has 0 saturated carbocycles. The minimum Gasteiger partial charge on any atom is -0.492 e. The minimum atomic E-state index is -0.141. The number of carbonyl (C=O) groups excluding carboxylic acids is 1. The maximum atomic E-state index is 12.5. The van der Waals surface area contributed by atoms with Crippen LogP contribution in [-0.4, -0.2) is 43.2 Å². The van der Waals surface area contributed by atoms with Crippen LogP contribution in [0, 0.1) is 5.92 Å². The third-order valence-electron chi connectivity index (χ3n) is 3.35. The number of rotatable bonds is 7. The number of ketones is 1. The van der Waals surface area contributed by atoms with E-state index in [0.29, 0.717) is 31.1 Å². The van der Waals surface area contributed by atoms with E-state index >= 15 is 0 Å². The van der Waals surface area contributed by atoms with Crippen molar-refractivity contribution in [2.75, 3.05) is 26.4 Å². The molecule has 1 aliphatic rings. The van der Waals surface area contributed by atoms with Gasteiger partial charge >= 0.3 is 0 Å². The molecular formula is C15H22N2O3. The molecule has 1 saturated heterocycles. The van der Waals surface area contributed by atoms with Gasteiger partial charge in [-0.25, -0.2) is 0 Å². The van der Waals surface area contributed by atoms with Crippen molar-refractivity contribution in [3.8, 4) is 5.75 Å². The van der Waals surface area contributed by atoms with Gasteiger partial charge in [0.15, 0.2) is 5.78 Å². The van der Waals surface area contributed by atoms with E-state index in [-0.39, 0.29) is 17.7 Å². The van der Waals surface area contributed by atoms with Crippen LogP contribution >= 0.6 is 0 Å². The van der Waals surface area contributed by atoms with Crippen molar-refractivity contribution in [2.45, 2.75) is 26.3 Å². The molecule has 0 radical (unpaired) electrons. The van der Waals surface area contributed by atoms with Crippen molar-refractivity contribution in [2.24, 2.45) is 5.92 Å². The second-order valence-electron chi connectivity index (χ2n) is 4.93. The van der Waals surface area contributed by atoms with E-state index in [4.69, 9.17) is 9.47 Å². The van der Waals surface area contributed by atoms with Crippen LogP contribution in [-0.2, 0) is 4.74 Å². The molecule has 110 valence electrons. The summed E-state index contributed by atoms with van der Waals surface area (Å²) in [5, 5.41) is 3.30. The van der Waals surface area contributed by atoms with Crippen LogP contribution in [0.5, 0.6) is 5.75 Å². The minimum absolute atomic E-state index is 0.0721. The second-order valence-corrected chi connectivity index (χ2v) is 4.93. The molecule has 2 rings (SSSR count). The van der Waals surface area contributed by atoms with Crippen LogP contribution in [0.3, 0.4) is 0 Å². The third-order valence-corrected chi connectivity index (χ3v) is 3.35. The van der Waals surface area contributed by atoms with Gasteiger partial charge in [0.05, 0.1) is 31.9 Å². The molecule has 1 fully saturated rings. The first-order valence-corrected chi connectivity index (χ1v) is 7.19. The Hall–Kier alpha value is -1.46. The van der Waals surface area contributed by atoms with E-state index in [1.54, 1.807) is 18.5 Å². The Morgan fingerprint density at radius 2 is 2.30 bits per heavy atom. The van der Waals surface area contributed by atoms with Crippen molar-refractivity contribution < 1.29 is 14.3 Å². The van der Waals surface area contributed by atoms with Crippen LogP contribution in [0.2, 0.25) is 0 Å². The highest BCUT2D eigenvalue weighted by Gasteiger charge is 2.34. The van der Waals surface area contributed by atoms with E-state index in [1.807, 2.05) is 13.8 Å². The lowest BCUT2D eigenvalue weighted by molar-refractivity contribution is 0.0891. The molecule has 5 nitrogen and oxygen atoms in total. The molecular weight excluding hydrogens is 256 g/mol. The second kappa shape index (κ2) is 7.36. The van der Waals surface area contributed by atoms with Crippen molar-refractivity contribution in [1.82, 2.24) is 10.3 Å². The van der Waals surface area contributed by atoms with E-state index in [0.717, 1.165) is 13.0 Å². The summed E-state index contributed by atoms with van der Waals surface area (Å²) < 4.78 is 10.9. The zero-order chi connectivity index (χ0) is 14.4. The first-order valence-electron chi connectivity index (χ1n) is 7.19. The lowest BCUT2D eigenvalue weighted by Crippen LogP contribution is -2.39. The van der Waals surface area contributed by atoms with Gasteiger partial charge in [-0.1, -0.05) is 13.8 Å². The topological polar surface area (TPSA) is 60.5 Å². The van der Waals surface area contributed by atoms with Crippen molar-refractivity contribution in [3.63, 3.8) is 0 Å². The molecule has 0 spiro atoms. The maximum absolute atomic E-state index is 12.5. The van der Waals surface area contributed by atoms with Gasteiger partial charge in [0.25, 0.3) is 0 Å². The van der Waals surface area contributed by atoms with Gasteiger partial charge in [0, 0.05) is 17.8 Å². The lowest BCUT2D eigenvalue weighted by Gasteiger charge is -2.17. The number of nitrogens with one attached hydrogen (secondary N) is 1. The van der Waals surface area contributed by atoms with Gasteiger partial charge in [-0.15, -0.1) is 0 Å². The van der Waals surface area contributed by atoms with E-state index in [2.05, 4.69) is 10.3 Å². The number of ether oxygens (including phenoxy) is 2. The highest BCUT2D eigenvalue weighted by molar-refractivity contribution is 5.98. The fourth-order valence-corrected chi connectivity index (χ4v) is 2.34. The van der Waals surface area contributed by atoms with E-state index in [9.17, 15) is 4.79 Å². The molecule has 20 heavy (non-hydrogen) atoms. The van der Waals surface area contributed by atoms with Gasteiger partial charge in [-0.2, -0.15) is 0 Å². The van der Waals surface area contributed by atoms with Crippen LogP contribution in [0.15, 0.2) is 18.5 Å². The van der Waals surface area contributed by atoms with Gasteiger partial charge < -0.3 is 14.8 Å². The lowest BCUT2D eigenvalue weighted by atomic mass is 9.94. The standard InChI is InChI=1S/C15H22N2O3/c1-3-5-20-12-6-11(7-16-8-12)15(18)13-9-19-10-14(13)17-4-2/h6-8,13-14,17H,3-5,9-10H2,1-2H3. The highest BCUT2D eigenvalue weighted by Crippen LogP contribution is 2.21. The molecule has 0 bridgehead atoms. The zero-order valence-electron chi connectivity index (χ0n) is 12.1. The first kappa shape index (κ1) is 14.9. The monoisotopic (exact) mass is 278 g/mol. The molecule has 0 amide bonds. The molecule has 2 atom stereocenters. The summed E-state index contributed by atoms with van der Waals surface area (Å²) in [5.74, 6) is 0.581. The van der Waals surface area contributed by atoms with Crippen LogP contribution < -0.4 is 10.1 Å². The molecule has 0 aromatic carbocycles. The predicted octanol–water partition coefficient (Wildman–Crippen LogP) is 1.68. The number of hydrogen-bond acceptors (Lipinski definition) is 5. The number of pyridine rings is 1. The normalized spacial score (nSPS) is 21.9. The maximum Gasteiger partial charge on any atom is 0.171 e. The van der Waals surface area contributed by atoms with E-state index < -0.39 is 0 Å². The smallest absolute Gasteiger partial charge is 0.171 e. The number of nitrogens with zero attached hydrogens (tertiary/aromatic N) is 1. The van der Waals surface area contributed by atoms with Gasteiger partial charge in [0.1, 0.15) is 5.75 Å². The highest BCUT2D eigenvalue weighted by atomic mass is 16.5. The summed E-state index contributed by atoms with van der Waals surface area (Å²) in [7, 11) is 0. The molecule has 2 heterocycles. The molecule has 1 aromatic rings. The van der Waals surface area contributed by atoms with Crippen LogP contribution in [0.4, 0.5) is 0 Å². The summed E-state index contributed by atoms with van der Waals surface area (Å²) in [4.78, 5) is 16.6.